The highest BCUT2D eigenvalue weighted by Crippen LogP contribution is 2.15. The smallest absolute Gasteiger partial charge is 0.155 e. The van der Waals surface area contributed by atoms with Gasteiger partial charge in [0, 0.05) is 18.8 Å². The first-order valence-electron chi connectivity index (χ1n) is 11.0. The molecule has 0 unspecified atom stereocenters. The van der Waals surface area contributed by atoms with Gasteiger partial charge in [-0.2, -0.15) is 0 Å². The van der Waals surface area contributed by atoms with Gasteiger partial charge >= 0.3 is 0 Å². The number of nitrogens with one attached hydrogen (secondary N) is 1. The first-order chi connectivity index (χ1) is 16.0. The van der Waals surface area contributed by atoms with E-state index in [-0.39, 0.29) is 6.29 Å². The Labute approximate surface area is 196 Å². The van der Waals surface area contributed by atoms with Crippen molar-refractivity contribution < 1.29 is 18.4 Å². The third-order valence-electron chi connectivity index (χ3n) is 4.07. The second-order valence-corrected chi connectivity index (χ2v) is 6.36. The van der Waals surface area contributed by atoms with E-state index in [1.807, 2.05) is 63.4 Å². The maximum Gasteiger partial charge on any atom is 0.155 e. The van der Waals surface area contributed by atoms with Crippen LogP contribution in [0.3, 0.4) is 0 Å². The summed E-state index contributed by atoms with van der Waals surface area (Å²) in [6, 6.07) is 13.9. The molecule has 33 heavy (non-hydrogen) atoms. The Kier molecular flexibility index (Phi) is 16.4. The van der Waals surface area contributed by atoms with Gasteiger partial charge < -0.3 is 10.2 Å². The molecule has 0 saturated heterocycles. The van der Waals surface area contributed by atoms with Crippen LogP contribution in [0.4, 0.5) is 14.6 Å². The fraction of sp³-hybridized carbons (Fsp3) is 0.346. The molecule has 0 aliphatic carbocycles. The normalized spacial score (nSPS) is 11.8. The number of oxime groups is 1. The molecule has 2 aromatic rings. The van der Waals surface area contributed by atoms with Crippen LogP contribution in [-0.4, -0.2) is 24.0 Å². The van der Waals surface area contributed by atoms with Crippen molar-refractivity contribution in [3.05, 3.63) is 83.1 Å². The topological polar surface area (TPSA) is 63.6 Å². The number of nitrogens with zero attached hydrogens (tertiary/aromatic N) is 2. The van der Waals surface area contributed by atoms with Crippen LogP contribution in [0.15, 0.2) is 77.1 Å². The number of carbonyl (C=O) groups excluding carboxylic acids is 1. The second-order valence-electron chi connectivity index (χ2n) is 6.36. The van der Waals surface area contributed by atoms with E-state index in [1.165, 1.54) is 0 Å². The second kappa shape index (κ2) is 18.2. The van der Waals surface area contributed by atoms with Gasteiger partial charge in [-0.3, -0.25) is 4.79 Å². The minimum absolute atomic E-state index is 0.177. The van der Waals surface area contributed by atoms with Gasteiger partial charge in [0.15, 0.2) is 6.29 Å². The number of benzene rings is 1. The summed E-state index contributed by atoms with van der Waals surface area (Å²) >= 11 is 0. The van der Waals surface area contributed by atoms with Crippen LogP contribution < -0.4 is 5.32 Å². The number of hydrogen-bond donors (Lipinski definition) is 1. The van der Waals surface area contributed by atoms with Gasteiger partial charge in [-0.25, -0.2) is 13.8 Å². The summed E-state index contributed by atoms with van der Waals surface area (Å²) < 4.78 is 25.0. The SMILES string of the molecule is CC.CC/C(=N\OCc1ccccc1)c1ccc(NC)nc1.CC/C=C(F)\C(C=O)=C(/C)F. The van der Waals surface area contributed by atoms with E-state index in [4.69, 9.17) is 4.84 Å². The van der Waals surface area contributed by atoms with Gasteiger partial charge in [0.1, 0.15) is 24.1 Å². The van der Waals surface area contributed by atoms with Crippen molar-refractivity contribution in [1.82, 2.24) is 4.98 Å². The van der Waals surface area contributed by atoms with Crippen molar-refractivity contribution in [2.45, 2.75) is 54.1 Å². The molecule has 0 radical (unpaired) electrons. The molecule has 1 aromatic carbocycles. The minimum atomic E-state index is -0.790. The number of aldehydes is 1. The molecule has 0 atom stereocenters. The monoisotopic (exact) mass is 459 g/mol. The first-order valence-corrected chi connectivity index (χ1v) is 11.0. The van der Waals surface area contributed by atoms with E-state index in [1.54, 1.807) is 13.1 Å². The largest absolute Gasteiger partial charge is 0.391 e. The van der Waals surface area contributed by atoms with Gasteiger partial charge in [0.05, 0.1) is 11.3 Å². The van der Waals surface area contributed by atoms with Crippen LogP contribution in [-0.2, 0) is 16.2 Å². The Bertz CT molecular complexity index is 890. The van der Waals surface area contributed by atoms with Crippen LogP contribution in [0, 0.1) is 0 Å². The third kappa shape index (κ3) is 11.7. The third-order valence-corrected chi connectivity index (χ3v) is 4.07. The first kappa shape index (κ1) is 29.7. The lowest BCUT2D eigenvalue weighted by Gasteiger charge is -2.06. The maximum atomic E-state index is 12.7. The molecule has 0 aliphatic rings. The maximum absolute atomic E-state index is 12.7. The minimum Gasteiger partial charge on any atom is -0.391 e. The van der Waals surface area contributed by atoms with Crippen molar-refractivity contribution in [1.29, 1.82) is 0 Å². The molecule has 1 heterocycles. The molecular formula is C26H35F2N3O2. The summed E-state index contributed by atoms with van der Waals surface area (Å²) in [5, 5.41) is 7.21. The van der Waals surface area contributed by atoms with Crippen molar-refractivity contribution in [2.75, 3.05) is 12.4 Å². The fourth-order valence-corrected chi connectivity index (χ4v) is 2.38. The van der Waals surface area contributed by atoms with Gasteiger partial charge in [0.2, 0.25) is 0 Å². The van der Waals surface area contributed by atoms with Crippen molar-refractivity contribution >= 4 is 17.8 Å². The Morgan fingerprint density at radius 1 is 1.12 bits per heavy atom. The van der Waals surface area contributed by atoms with Crippen molar-refractivity contribution in [3.63, 3.8) is 0 Å². The molecule has 0 saturated carbocycles. The predicted molar refractivity (Wildman–Crippen MR) is 133 cm³/mol. The zero-order chi connectivity index (χ0) is 25.1. The van der Waals surface area contributed by atoms with Crippen LogP contribution in [0.2, 0.25) is 0 Å². The highest BCUT2D eigenvalue weighted by atomic mass is 19.1. The van der Waals surface area contributed by atoms with Crippen LogP contribution in [0.1, 0.15) is 58.6 Å². The molecule has 0 aliphatic heterocycles. The van der Waals surface area contributed by atoms with Gasteiger partial charge in [-0.05, 0) is 43.5 Å². The molecule has 2 rings (SSSR count). The summed E-state index contributed by atoms with van der Waals surface area (Å²) in [4.78, 5) is 19.8. The zero-order valence-corrected chi connectivity index (χ0v) is 20.4. The molecule has 7 heteroatoms. The van der Waals surface area contributed by atoms with Gasteiger partial charge in [-0.1, -0.05) is 63.2 Å². The molecule has 0 bridgehead atoms. The molecule has 1 aromatic heterocycles. The van der Waals surface area contributed by atoms with Crippen LogP contribution in [0.25, 0.3) is 0 Å². The number of carbonyl (C=O) groups is 1. The number of rotatable bonds is 9. The molecule has 1 N–H and O–H groups in total. The summed E-state index contributed by atoms with van der Waals surface area (Å²) in [6.07, 6.45) is 4.38. The molecule has 0 fully saturated rings. The zero-order valence-electron chi connectivity index (χ0n) is 20.4. The highest BCUT2D eigenvalue weighted by molar-refractivity contribution is 5.99. The number of hydrogen-bond acceptors (Lipinski definition) is 5. The van der Waals surface area contributed by atoms with Crippen molar-refractivity contribution in [3.8, 4) is 0 Å². The fourth-order valence-electron chi connectivity index (χ4n) is 2.38. The predicted octanol–water partition coefficient (Wildman–Crippen LogP) is 7.17. The van der Waals surface area contributed by atoms with Gasteiger partial charge in [0.25, 0.3) is 0 Å². The summed E-state index contributed by atoms with van der Waals surface area (Å²) in [6.45, 7) is 9.28. The van der Waals surface area contributed by atoms with Crippen LogP contribution >= 0.6 is 0 Å². The average molecular weight is 460 g/mol. The van der Waals surface area contributed by atoms with Crippen LogP contribution in [0.5, 0.6) is 0 Å². The van der Waals surface area contributed by atoms with Crippen molar-refractivity contribution in [2.24, 2.45) is 5.16 Å². The molecule has 0 amide bonds. The van der Waals surface area contributed by atoms with E-state index in [9.17, 15) is 13.6 Å². The van der Waals surface area contributed by atoms with E-state index in [0.717, 1.165) is 42.1 Å². The number of anilines is 1. The number of allylic oxidation sites excluding steroid dienone is 4. The lowest BCUT2D eigenvalue weighted by Crippen LogP contribution is -2.02. The Morgan fingerprint density at radius 3 is 2.24 bits per heavy atom. The number of pyridine rings is 1. The average Bonchev–Trinajstić information content (AvgIpc) is 2.85. The highest BCUT2D eigenvalue weighted by Gasteiger charge is 2.06. The summed E-state index contributed by atoms with van der Waals surface area (Å²) in [5.41, 5.74) is 2.50. The number of halogens is 2. The van der Waals surface area contributed by atoms with E-state index in [2.05, 4.69) is 22.4 Å². The Balaban J connectivity index is 0.000000673. The lowest BCUT2D eigenvalue weighted by atomic mass is 10.1. The summed E-state index contributed by atoms with van der Waals surface area (Å²) in [7, 11) is 1.85. The lowest BCUT2D eigenvalue weighted by molar-refractivity contribution is -0.104. The van der Waals surface area contributed by atoms with E-state index in [0.29, 0.717) is 13.0 Å². The molecular weight excluding hydrogens is 424 g/mol. The van der Waals surface area contributed by atoms with E-state index >= 15 is 0 Å². The van der Waals surface area contributed by atoms with E-state index < -0.39 is 17.2 Å². The quantitative estimate of drug-likeness (QED) is 0.142. The Morgan fingerprint density at radius 2 is 1.79 bits per heavy atom. The number of aromatic nitrogens is 1. The summed E-state index contributed by atoms with van der Waals surface area (Å²) in [5.74, 6) is -0.737. The molecule has 180 valence electrons. The molecule has 5 nitrogen and oxygen atoms in total. The standard InChI is InChI=1S/C16H19N3O.C8H10F2O.C2H6/c1-3-15(14-9-10-16(17-2)18-11-14)19-20-12-13-7-5-4-6-8-13;1-3-4-8(10)7(5-11)6(2)9;1-2/h4-11H,3,12H2,1-2H3,(H,17,18);4-5H,3H2,1-2H3;1-2H3/b19-15+;7-6+,8-4+;. The van der Waals surface area contributed by atoms with Gasteiger partial charge in [-0.15, -0.1) is 0 Å². The molecule has 0 spiro atoms. The Hall–Kier alpha value is -3.35.